The zero-order valence-electron chi connectivity index (χ0n) is 14.0. The summed E-state index contributed by atoms with van der Waals surface area (Å²) in [6.45, 7) is 4.19. The second-order valence-electron chi connectivity index (χ2n) is 5.39. The second kappa shape index (κ2) is 9.17. The van der Waals surface area contributed by atoms with Gasteiger partial charge in [0, 0.05) is 11.8 Å². The van der Waals surface area contributed by atoms with Gasteiger partial charge < -0.3 is 10.1 Å². The van der Waals surface area contributed by atoms with Crippen molar-refractivity contribution in [3.05, 3.63) is 47.0 Å². The van der Waals surface area contributed by atoms with Crippen LogP contribution in [0.2, 0.25) is 0 Å². The SMILES string of the molecule is CCOC(=O)Cc1csc(NC(=O)CC(CC)c2ccccc2)n1. The molecular weight excluding hydrogens is 324 g/mol. The van der Waals surface area contributed by atoms with Gasteiger partial charge >= 0.3 is 5.97 Å². The lowest BCUT2D eigenvalue weighted by Gasteiger charge is -2.14. The molecule has 6 heteroatoms. The number of amides is 1. The highest BCUT2D eigenvalue weighted by Gasteiger charge is 2.16. The average molecular weight is 346 g/mol. The molecule has 1 amide bonds. The fourth-order valence-electron chi connectivity index (χ4n) is 2.42. The van der Waals surface area contributed by atoms with Crippen molar-refractivity contribution in [2.75, 3.05) is 11.9 Å². The summed E-state index contributed by atoms with van der Waals surface area (Å²) in [7, 11) is 0. The molecule has 1 atom stereocenters. The largest absolute Gasteiger partial charge is 0.466 e. The Bertz CT molecular complexity index is 670. The van der Waals surface area contributed by atoms with Gasteiger partial charge in [0.2, 0.25) is 5.91 Å². The first-order valence-electron chi connectivity index (χ1n) is 8.07. The Kier molecular flexibility index (Phi) is 6.93. The van der Waals surface area contributed by atoms with Crippen LogP contribution in [-0.4, -0.2) is 23.5 Å². The number of aromatic nitrogens is 1. The second-order valence-corrected chi connectivity index (χ2v) is 6.25. The van der Waals surface area contributed by atoms with E-state index in [2.05, 4.69) is 17.2 Å². The van der Waals surface area contributed by atoms with E-state index in [0.29, 0.717) is 23.9 Å². The maximum Gasteiger partial charge on any atom is 0.311 e. The molecule has 2 aromatic rings. The van der Waals surface area contributed by atoms with Gasteiger partial charge in [-0.05, 0) is 24.8 Å². The fraction of sp³-hybridized carbons (Fsp3) is 0.389. The zero-order chi connectivity index (χ0) is 17.4. The Hall–Kier alpha value is -2.21. The minimum Gasteiger partial charge on any atom is -0.466 e. The molecule has 0 radical (unpaired) electrons. The molecule has 0 aliphatic rings. The van der Waals surface area contributed by atoms with Crippen LogP contribution in [0.25, 0.3) is 0 Å². The van der Waals surface area contributed by atoms with E-state index in [0.717, 1.165) is 12.0 Å². The number of benzene rings is 1. The van der Waals surface area contributed by atoms with E-state index in [9.17, 15) is 9.59 Å². The zero-order valence-corrected chi connectivity index (χ0v) is 14.8. The molecular formula is C18H22N2O3S. The van der Waals surface area contributed by atoms with Crippen LogP contribution in [0.1, 0.15) is 43.9 Å². The fourth-order valence-corrected chi connectivity index (χ4v) is 3.15. The first kappa shape index (κ1) is 18.1. The van der Waals surface area contributed by atoms with Crippen molar-refractivity contribution in [2.24, 2.45) is 0 Å². The highest BCUT2D eigenvalue weighted by Crippen LogP contribution is 2.24. The number of anilines is 1. The first-order chi connectivity index (χ1) is 11.6. The Balaban J connectivity index is 1.90. The standard InChI is InChI=1S/C18H22N2O3S/c1-3-13(14-8-6-5-7-9-14)10-16(21)20-18-19-15(12-24-18)11-17(22)23-4-2/h5-9,12-13H,3-4,10-11H2,1-2H3,(H,19,20,21). The maximum atomic E-state index is 12.3. The number of nitrogens with zero attached hydrogens (tertiary/aromatic N) is 1. The smallest absolute Gasteiger partial charge is 0.311 e. The summed E-state index contributed by atoms with van der Waals surface area (Å²) in [5.74, 6) is -0.191. The number of ether oxygens (including phenoxy) is 1. The summed E-state index contributed by atoms with van der Waals surface area (Å²) in [6, 6.07) is 10.0. The molecule has 0 aliphatic heterocycles. The molecule has 0 bridgehead atoms. The summed E-state index contributed by atoms with van der Waals surface area (Å²) < 4.78 is 4.89. The van der Waals surface area contributed by atoms with Crippen molar-refractivity contribution < 1.29 is 14.3 Å². The van der Waals surface area contributed by atoms with E-state index in [1.165, 1.54) is 11.3 Å². The van der Waals surface area contributed by atoms with E-state index in [4.69, 9.17) is 4.74 Å². The molecule has 1 aromatic heterocycles. The van der Waals surface area contributed by atoms with Crippen LogP contribution < -0.4 is 5.32 Å². The lowest BCUT2D eigenvalue weighted by Crippen LogP contribution is -2.15. The average Bonchev–Trinajstić information content (AvgIpc) is 3.00. The lowest BCUT2D eigenvalue weighted by atomic mass is 9.93. The third-order valence-electron chi connectivity index (χ3n) is 3.62. The lowest BCUT2D eigenvalue weighted by molar-refractivity contribution is -0.142. The van der Waals surface area contributed by atoms with Crippen molar-refractivity contribution in [3.8, 4) is 0 Å². The topological polar surface area (TPSA) is 68.3 Å². The number of hydrogen-bond donors (Lipinski definition) is 1. The number of thiazole rings is 1. The number of hydrogen-bond acceptors (Lipinski definition) is 5. The monoisotopic (exact) mass is 346 g/mol. The Morgan fingerprint density at radius 3 is 2.67 bits per heavy atom. The molecule has 1 unspecified atom stereocenters. The number of carbonyl (C=O) groups excluding carboxylic acids is 2. The van der Waals surface area contributed by atoms with Gasteiger partial charge in [-0.15, -0.1) is 11.3 Å². The van der Waals surface area contributed by atoms with Crippen molar-refractivity contribution in [1.82, 2.24) is 4.98 Å². The van der Waals surface area contributed by atoms with Gasteiger partial charge in [0.25, 0.3) is 0 Å². The minimum absolute atomic E-state index is 0.0669. The summed E-state index contributed by atoms with van der Waals surface area (Å²) in [4.78, 5) is 28.0. The predicted octanol–water partition coefficient (Wildman–Crippen LogP) is 3.77. The van der Waals surface area contributed by atoms with E-state index in [-0.39, 0.29) is 24.2 Å². The molecule has 24 heavy (non-hydrogen) atoms. The summed E-state index contributed by atoms with van der Waals surface area (Å²) in [5, 5.41) is 5.10. The van der Waals surface area contributed by atoms with Crippen LogP contribution in [0.3, 0.4) is 0 Å². The number of carbonyl (C=O) groups is 2. The first-order valence-corrected chi connectivity index (χ1v) is 8.95. The van der Waals surface area contributed by atoms with E-state index in [1.807, 2.05) is 30.3 Å². The van der Waals surface area contributed by atoms with Gasteiger partial charge in [-0.1, -0.05) is 37.3 Å². The Labute approximate surface area is 146 Å². The molecule has 0 aliphatic carbocycles. The maximum absolute atomic E-state index is 12.3. The van der Waals surface area contributed by atoms with Crippen molar-refractivity contribution >= 4 is 28.3 Å². The normalized spacial score (nSPS) is 11.8. The molecule has 1 heterocycles. The van der Waals surface area contributed by atoms with Crippen molar-refractivity contribution in [1.29, 1.82) is 0 Å². The van der Waals surface area contributed by atoms with Gasteiger partial charge in [-0.25, -0.2) is 4.98 Å². The number of nitrogens with one attached hydrogen (secondary N) is 1. The van der Waals surface area contributed by atoms with Crippen LogP contribution in [-0.2, 0) is 20.7 Å². The van der Waals surface area contributed by atoms with E-state index in [1.54, 1.807) is 12.3 Å². The van der Waals surface area contributed by atoms with Crippen molar-refractivity contribution in [3.63, 3.8) is 0 Å². The van der Waals surface area contributed by atoms with Gasteiger partial charge in [-0.3, -0.25) is 9.59 Å². The molecule has 0 fully saturated rings. The highest BCUT2D eigenvalue weighted by atomic mass is 32.1. The molecule has 0 saturated heterocycles. The number of rotatable bonds is 8. The third kappa shape index (κ3) is 5.45. The van der Waals surface area contributed by atoms with E-state index < -0.39 is 0 Å². The molecule has 1 N–H and O–H groups in total. The predicted molar refractivity (Wildman–Crippen MR) is 95.2 cm³/mol. The Morgan fingerprint density at radius 1 is 1.25 bits per heavy atom. The quantitative estimate of drug-likeness (QED) is 0.739. The number of esters is 1. The van der Waals surface area contributed by atoms with Crippen LogP contribution >= 0.6 is 11.3 Å². The van der Waals surface area contributed by atoms with E-state index >= 15 is 0 Å². The van der Waals surface area contributed by atoms with Gasteiger partial charge in [-0.2, -0.15) is 0 Å². The van der Waals surface area contributed by atoms with Crippen molar-refractivity contribution in [2.45, 2.75) is 39.0 Å². The molecule has 0 spiro atoms. The molecule has 1 aromatic carbocycles. The van der Waals surface area contributed by atoms with Crippen LogP contribution in [0.15, 0.2) is 35.7 Å². The van der Waals surface area contributed by atoms with Gasteiger partial charge in [0.1, 0.15) is 0 Å². The Morgan fingerprint density at radius 2 is 2.00 bits per heavy atom. The highest BCUT2D eigenvalue weighted by molar-refractivity contribution is 7.13. The van der Waals surface area contributed by atoms with Crippen LogP contribution in [0, 0.1) is 0 Å². The summed E-state index contributed by atoms with van der Waals surface area (Å²) >= 11 is 1.32. The van der Waals surface area contributed by atoms with Crippen LogP contribution in [0.5, 0.6) is 0 Å². The molecule has 5 nitrogen and oxygen atoms in total. The summed E-state index contributed by atoms with van der Waals surface area (Å²) in [5.41, 5.74) is 1.78. The summed E-state index contributed by atoms with van der Waals surface area (Å²) in [6.07, 6.45) is 1.43. The molecule has 2 rings (SSSR count). The third-order valence-corrected chi connectivity index (χ3v) is 4.43. The minimum atomic E-state index is -0.309. The van der Waals surface area contributed by atoms with Gasteiger partial charge in [0.05, 0.1) is 18.7 Å². The van der Waals surface area contributed by atoms with Gasteiger partial charge in [0.15, 0.2) is 5.13 Å². The molecule has 0 saturated carbocycles. The van der Waals surface area contributed by atoms with Crippen LogP contribution in [0.4, 0.5) is 5.13 Å². The molecule has 128 valence electrons.